The molecule has 2 N–H and O–H groups in total. The fourth-order valence-corrected chi connectivity index (χ4v) is 3.20. The molecule has 108 valence electrons. The topological polar surface area (TPSA) is 58.2 Å². The van der Waals surface area contributed by atoms with E-state index < -0.39 is 5.41 Å². The van der Waals surface area contributed by atoms with E-state index in [1.54, 1.807) is 0 Å². The quantitative estimate of drug-likeness (QED) is 0.607. The van der Waals surface area contributed by atoms with E-state index >= 15 is 0 Å². The van der Waals surface area contributed by atoms with Gasteiger partial charge in [0, 0.05) is 12.1 Å². The van der Waals surface area contributed by atoms with Gasteiger partial charge in [0.15, 0.2) is 0 Å². The molecular formula is C16H22N2O2. The van der Waals surface area contributed by atoms with Crippen LogP contribution in [-0.2, 0) is 9.59 Å². The third-order valence-electron chi connectivity index (χ3n) is 4.76. The van der Waals surface area contributed by atoms with Gasteiger partial charge in [-0.15, -0.1) is 0 Å². The summed E-state index contributed by atoms with van der Waals surface area (Å²) in [6.45, 7) is 0. The van der Waals surface area contributed by atoms with E-state index in [9.17, 15) is 9.59 Å². The molecular weight excluding hydrogens is 252 g/mol. The van der Waals surface area contributed by atoms with Gasteiger partial charge < -0.3 is 10.6 Å². The molecule has 3 aliphatic rings. The third-order valence-corrected chi connectivity index (χ3v) is 4.76. The summed E-state index contributed by atoms with van der Waals surface area (Å²) < 4.78 is 0. The molecule has 0 bridgehead atoms. The molecule has 0 aliphatic heterocycles. The Morgan fingerprint density at radius 2 is 1.20 bits per heavy atom. The lowest BCUT2D eigenvalue weighted by Gasteiger charge is -2.40. The summed E-state index contributed by atoms with van der Waals surface area (Å²) in [7, 11) is 0. The SMILES string of the molecule is O=C(NC1CC=CC1)C1(C(=O)NC2CC=CC2)CCC1. The van der Waals surface area contributed by atoms with Gasteiger partial charge in [-0.25, -0.2) is 0 Å². The highest BCUT2D eigenvalue weighted by Gasteiger charge is 2.51. The van der Waals surface area contributed by atoms with Crippen LogP contribution in [0, 0.1) is 5.41 Å². The average molecular weight is 274 g/mol. The maximum Gasteiger partial charge on any atom is 0.235 e. The molecule has 1 fully saturated rings. The first-order chi connectivity index (χ1) is 9.71. The van der Waals surface area contributed by atoms with Crippen molar-refractivity contribution < 1.29 is 9.59 Å². The number of carbonyl (C=O) groups excluding carboxylic acids is 2. The van der Waals surface area contributed by atoms with E-state index in [0.717, 1.165) is 32.1 Å². The Kier molecular flexibility index (Phi) is 3.64. The second-order valence-electron chi connectivity index (χ2n) is 6.16. The minimum Gasteiger partial charge on any atom is -0.352 e. The lowest BCUT2D eigenvalue weighted by molar-refractivity contribution is -0.150. The maximum absolute atomic E-state index is 12.5. The van der Waals surface area contributed by atoms with Crippen LogP contribution in [-0.4, -0.2) is 23.9 Å². The highest BCUT2D eigenvalue weighted by molar-refractivity contribution is 6.06. The predicted octanol–water partition coefficient (Wildman–Crippen LogP) is 1.83. The van der Waals surface area contributed by atoms with Crippen molar-refractivity contribution in [3.63, 3.8) is 0 Å². The van der Waals surface area contributed by atoms with Crippen molar-refractivity contribution in [1.29, 1.82) is 0 Å². The highest BCUT2D eigenvalue weighted by Crippen LogP contribution is 2.42. The molecule has 3 aliphatic carbocycles. The van der Waals surface area contributed by atoms with Gasteiger partial charge in [0.2, 0.25) is 11.8 Å². The number of amides is 2. The van der Waals surface area contributed by atoms with Crippen LogP contribution >= 0.6 is 0 Å². The molecule has 0 aromatic rings. The Morgan fingerprint density at radius 1 is 0.800 bits per heavy atom. The standard InChI is InChI=1S/C16H22N2O2/c19-14(17-12-6-1-2-7-12)16(10-5-11-16)15(20)18-13-8-3-4-9-13/h1-4,12-13H,5-11H2,(H,17,19)(H,18,20). The van der Waals surface area contributed by atoms with Crippen LogP contribution in [0.25, 0.3) is 0 Å². The molecule has 0 aromatic heterocycles. The molecule has 3 rings (SSSR count). The fourth-order valence-electron chi connectivity index (χ4n) is 3.20. The lowest BCUT2D eigenvalue weighted by Crippen LogP contribution is -2.58. The second kappa shape index (κ2) is 5.43. The van der Waals surface area contributed by atoms with Crippen LogP contribution in [0.2, 0.25) is 0 Å². The van der Waals surface area contributed by atoms with Crippen molar-refractivity contribution in [2.24, 2.45) is 5.41 Å². The first-order valence-corrected chi connectivity index (χ1v) is 7.63. The molecule has 0 heterocycles. The zero-order valence-electron chi connectivity index (χ0n) is 11.7. The summed E-state index contributed by atoms with van der Waals surface area (Å²) in [5.74, 6) is -0.137. The molecule has 4 heteroatoms. The van der Waals surface area contributed by atoms with Gasteiger partial charge in [-0.1, -0.05) is 30.7 Å². The van der Waals surface area contributed by atoms with Crippen molar-refractivity contribution in [3.8, 4) is 0 Å². The zero-order chi connectivity index (χ0) is 14.0. The van der Waals surface area contributed by atoms with E-state index in [1.165, 1.54) is 0 Å². The van der Waals surface area contributed by atoms with E-state index in [0.29, 0.717) is 12.8 Å². The van der Waals surface area contributed by atoms with Crippen molar-refractivity contribution in [3.05, 3.63) is 24.3 Å². The number of rotatable bonds is 4. The Morgan fingerprint density at radius 3 is 1.50 bits per heavy atom. The summed E-state index contributed by atoms with van der Waals surface area (Å²) >= 11 is 0. The van der Waals surface area contributed by atoms with Gasteiger partial charge in [-0.2, -0.15) is 0 Å². The number of carbonyl (C=O) groups is 2. The van der Waals surface area contributed by atoms with Crippen LogP contribution in [0.4, 0.5) is 0 Å². The van der Waals surface area contributed by atoms with Gasteiger partial charge in [0.1, 0.15) is 5.41 Å². The molecule has 20 heavy (non-hydrogen) atoms. The first-order valence-electron chi connectivity index (χ1n) is 7.63. The maximum atomic E-state index is 12.5. The summed E-state index contributed by atoms with van der Waals surface area (Å²) in [6.07, 6.45) is 14.2. The number of hydrogen-bond acceptors (Lipinski definition) is 2. The largest absolute Gasteiger partial charge is 0.352 e. The van der Waals surface area contributed by atoms with E-state index in [-0.39, 0.29) is 23.9 Å². The van der Waals surface area contributed by atoms with Gasteiger partial charge >= 0.3 is 0 Å². The van der Waals surface area contributed by atoms with Crippen LogP contribution in [0.5, 0.6) is 0 Å². The zero-order valence-corrected chi connectivity index (χ0v) is 11.7. The molecule has 0 radical (unpaired) electrons. The summed E-state index contributed by atoms with van der Waals surface area (Å²) in [6, 6.07) is 0.363. The van der Waals surface area contributed by atoms with Crippen molar-refractivity contribution in [2.75, 3.05) is 0 Å². The van der Waals surface area contributed by atoms with Crippen LogP contribution < -0.4 is 10.6 Å². The van der Waals surface area contributed by atoms with Gasteiger partial charge in [0.25, 0.3) is 0 Å². The van der Waals surface area contributed by atoms with Crippen molar-refractivity contribution in [2.45, 2.75) is 57.0 Å². The second-order valence-corrected chi connectivity index (χ2v) is 6.16. The van der Waals surface area contributed by atoms with Crippen LogP contribution in [0.1, 0.15) is 44.9 Å². The summed E-state index contributed by atoms with van der Waals surface area (Å²) in [4.78, 5) is 25.0. The highest BCUT2D eigenvalue weighted by atomic mass is 16.2. The Labute approximate surface area is 119 Å². The summed E-state index contributed by atoms with van der Waals surface area (Å²) in [5, 5.41) is 6.10. The average Bonchev–Trinajstić information content (AvgIpc) is 3.00. The molecule has 0 aromatic carbocycles. The third kappa shape index (κ3) is 2.39. The van der Waals surface area contributed by atoms with E-state index in [4.69, 9.17) is 0 Å². The molecule has 0 unspecified atom stereocenters. The van der Waals surface area contributed by atoms with Gasteiger partial charge in [-0.3, -0.25) is 9.59 Å². The number of nitrogens with one attached hydrogen (secondary N) is 2. The molecule has 0 atom stereocenters. The number of hydrogen-bond donors (Lipinski definition) is 2. The van der Waals surface area contributed by atoms with Crippen LogP contribution in [0.15, 0.2) is 24.3 Å². The smallest absolute Gasteiger partial charge is 0.235 e. The Balaban J connectivity index is 1.60. The molecule has 0 spiro atoms. The lowest BCUT2D eigenvalue weighted by atomic mass is 9.67. The molecule has 4 nitrogen and oxygen atoms in total. The minimum atomic E-state index is -0.800. The van der Waals surface area contributed by atoms with Gasteiger partial charge in [-0.05, 0) is 38.5 Å². The minimum absolute atomic E-state index is 0.0686. The van der Waals surface area contributed by atoms with Crippen molar-refractivity contribution >= 4 is 11.8 Å². The van der Waals surface area contributed by atoms with Crippen LogP contribution in [0.3, 0.4) is 0 Å². The molecule has 0 saturated heterocycles. The Hall–Kier alpha value is -1.58. The monoisotopic (exact) mass is 274 g/mol. The predicted molar refractivity (Wildman–Crippen MR) is 76.9 cm³/mol. The summed E-state index contributed by atoms with van der Waals surface area (Å²) in [5.41, 5.74) is -0.800. The van der Waals surface area contributed by atoms with E-state index in [2.05, 4.69) is 34.9 Å². The Bertz CT molecular complexity index is 409. The fraction of sp³-hybridized carbons (Fsp3) is 0.625. The van der Waals surface area contributed by atoms with E-state index in [1.807, 2.05) is 0 Å². The normalized spacial score (nSPS) is 24.6. The van der Waals surface area contributed by atoms with Crippen molar-refractivity contribution in [1.82, 2.24) is 10.6 Å². The molecule has 2 amide bonds. The first kappa shape index (κ1) is 13.4. The molecule has 1 saturated carbocycles. The van der Waals surface area contributed by atoms with Gasteiger partial charge in [0.05, 0.1) is 0 Å².